The standard InChI is InChI=1S/C9H7F3O/c10-8-2-1-7(9(11)12)5-6(8)3-4-13/h1-2,4-5,9H,3H2. The predicted molar refractivity (Wildman–Crippen MR) is 41.1 cm³/mol. The Kier molecular flexibility index (Phi) is 3.06. The maximum absolute atomic E-state index is 12.8. The molecule has 70 valence electrons. The molecular formula is C9H7F3O. The molecule has 0 aliphatic heterocycles. The molecule has 0 atom stereocenters. The first-order valence-electron chi connectivity index (χ1n) is 3.65. The highest BCUT2D eigenvalue weighted by atomic mass is 19.3. The average Bonchev–Trinajstić information content (AvgIpc) is 2.08. The molecule has 0 bridgehead atoms. The van der Waals surface area contributed by atoms with Crippen molar-refractivity contribution in [3.8, 4) is 0 Å². The summed E-state index contributed by atoms with van der Waals surface area (Å²) in [5, 5.41) is 0. The zero-order valence-electron chi connectivity index (χ0n) is 6.64. The zero-order chi connectivity index (χ0) is 9.84. The van der Waals surface area contributed by atoms with Crippen LogP contribution in [0.5, 0.6) is 0 Å². The summed E-state index contributed by atoms with van der Waals surface area (Å²) < 4.78 is 37.0. The Hall–Kier alpha value is -1.32. The minimum Gasteiger partial charge on any atom is -0.303 e. The van der Waals surface area contributed by atoms with E-state index in [1.807, 2.05) is 0 Å². The minimum atomic E-state index is -2.63. The van der Waals surface area contributed by atoms with Crippen molar-refractivity contribution >= 4 is 6.29 Å². The molecule has 0 amide bonds. The smallest absolute Gasteiger partial charge is 0.263 e. The van der Waals surface area contributed by atoms with Crippen molar-refractivity contribution in [3.63, 3.8) is 0 Å². The maximum Gasteiger partial charge on any atom is 0.263 e. The second kappa shape index (κ2) is 4.07. The van der Waals surface area contributed by atoms with Gasteiger partial charge in [0.15, 0.2) is 0 Å². The van der Waals surface area contributed by atoms with Crippen LogP contribution in [0.1, 0.15) is 17.6 Å². The van der Waals surface area contributed by atoms with Crippen LogP contribution in [0.15, 0.2) is 18.2 Å². The number of aldehydes is 1. The highest BCUT2D eigenvalue weighted by Crippen LogP contribution is 2.21. The van der Waals surface area contributed by atoms with Crippen LogP contribution in [-0.2, 0) is 11.2 Å². The van der Waals surface area contributed by atoms with Gasteiger partial charge in [-0.1, -0.05) is 6.07 Å². The summed E-state index contributed by atoms with van der Waals surface area (Å²) >= 11 is 0. The quantitative estimate of drug-likeness (QED) is 0.666. The predicted octanol–water partition coefficient (Wildman–Crippen LogP) is 2.50. The van der Waals surface area contributed by atoms with Gasteiger partial charge in [0.25, 0.3) is 6.43 Å². The fraction of sp³-hybridized carbons (Fsp3) is 0.222. The molecule has 1 aromatic rings. The second-order valence-corrected chi connectivity index (χ2v) is 2.52. The second-order valence-electron chi connectivity index (χ2n) is 2.52. The van der Waals surface area contributed by atoms with E-state index in [4.69, 9.17) is 0 Å². The van der Waals surface area contributed by atoms with Gasteiger partial charge >= 0.3 is 0 Å². The van der Waals surface area contributed by atoms with Gasteiger partial charge < -0.3 is 4.79 Å². The summed E-state index contributed by atoms with van der Waals surface area (Å²) in [4.78, 5) is 10.1. The third-order valence-electron chi connectivity index (χ3n) is 1.62. The molecule has 0 N–H and O–H groups in total. The van der Waals surface area contributed by atoms with E-state index in [1.54, 1.807) is 0 Å². The van der Waals surface area contributed by atoms with Gasteiger partial charge in [-0.25, -0.2) is 13.2 Å². The molecule has 0 saturated heterocycles. The van der Waals surface area contributed by atoms with Crippen molar-refractivity contribution < 1.29 is 18.0 Å². The number of halogens is 3. The lowest BCUT2D eigenvalue weighted by atomic mass is 10.1. The summed E-state index contributed by atoms with van der Waals surface area (Å²) in [6, 6.07) is 2.96. The highest BCUT2D eigenvalue weighted by molar-refractivity contribution is 5.55. The van der Waals surface area contributed by atoms with Crippen molar-refractivity contribution in [1.82, 2.24) is 0 Å². The lowest BCUT2D eigenvalue weighted by molar-refractivity contribution is -0.107. The van der Waals surface area contributed by atoms with E-state index in [0.29, 0.717) is 6.29 Å². The van der Waals surface area contributed by atoms with Gasteiger partial charge in [-0.05, 0) is 17.7 Å². The molecule has 1 nitrogen and oxygen atoms in total. The summed E-state index contributed by atoms with van der Waals surface area (Å²) in [5.41, 5.74) is -0.258. The molecule has 0 aliphatic rings. The molecule has 0 spiro atoms. The zero-order valence-corrected chi connectivity index (χ0v) is 6.64. The Balaban J connectivity index is 3.03. The highest BCUT2D eigenvalue weighted by Gasteiger charge is 2.09. The third kappa shape index (κ3) is 2.31. The molecule has 1 aromatic carbocycles. The van der Waals surface area contributed by atoms with E-state index in [2.05, 4.69) is 0 Å². The number of carbonyl (C=O) groups excluding carboxylic acids is 1. The first-order valence-corrected chi connectivity index (χ1v) is 3.65. The molecule has 1 rings (SSSR count). The lowest BCUT2D eigenvalue weighted by Crippen LogP contribution is -1.94. The van der Waals surface area contributed by atoms with Crippen molar-refractivity contribution in [2.45, 2.75) is 12.8 Å². The molecule has 0 aromatic heterocycles. The van der Waals surface area contributed by atoms with Gasteiger partial charge in [0, 0.05) is 12.0 Å². The molecule has 4 heteroatoms. The third-order valence-corrected chi connectivity index (χ3v) is 1.62. The van der Waals surface area contributed by atoms with Crippen LogP contribution in [0.4, 0.5) is 13.2 Å². The first kappa shape index (κ1) is 9.77. The van der Waals surface area contributed by atoms with Crippen LogP contribution >= 0.6 is 0 Å². The SMILES string of the molecule is O=CCc1cc(C(F)F)ccc1F. The number of alkyl halides is 2. The number of hydrogen-bond acceptors (Lipinski definition) is 1. The van der Waals surface area contributed by atoms with Crippen LogP contribution in [0.3, 0.4) is 0 Å². The Labute approximate surface area is 73.2 Å². The summed E-state index contributed by atoms with van der Waals surface area (Å²) in [6.07, 6.45) is -2.33. The van der Waals surface area contributed by atoms with Gasteiger partial charge in [0.1, 0.15) is 12.1 Å². The molecule has 13 heavy (non-hydrogen) atoms. The van der Waals surface area contributed by atoms with Gasteiger partial charge in [-0.3, -0.25) is 0 Å². The van der Waals surface area contributed by atoms with E-state index in [9.17, 15) is 18.0 Å². The van der Waals surface area contributed by atoms with E-state index < -0.39 is 12.2 Å². The average molecular weight is 188 g/mol. The summed E-state index contributed by atoms with van der Waals surface area (Å²) in [7, 11) is 0. The van der Waals surface area contributed by atoms with Crippen molar-refractivity contribution in [2.75, 3.05) is 0 Å². The molecule has 0 radical (unpaired) electrons. The fourth-order valence-electron chi connectivity index (χ4n) is 0.977. The first-order chi connectivity index (χ1) is 6.15. The molecule has 0 fully saturated rings. The number of benzene rings is 1. The molecular weight excluding hydrogens is 181 g/mol. The van der Waals surface area contributed by atoms with E-state index in [-0.39, 0.29) is 17.5 Å². The fourth-order valence-corrected chi connectivity index (χ4v) is 0.977. The molecule has 0 aliphatic carbocycles. The minimum absolute atomic E-state index is 0.00722. The van der Waals surface area contributed by atoms with Gasteiger partial charge in [0.2, 0.25) is 0 Å². The Morgan fingerprint density at radius 3 is 2.62 bits per heavy atom. The van der Waals surface area contributed by atoms with E-state index >= 15 is 0 Å². The summed E-state index contributed by atoms with van der Waals surface area (Å²) in [6.45, 7) is 0. The topological polar surface area (TPSA) is 17.1 Å². The van der Waals surface area contributed by atoms with E-state index in [0.717, 1.165) is 18.2 Å². The molecule has 0 unspecified atom stereocenters. The van der Waals surface area contributed by atoms with Gasteiger partial charge in [-0.2, -0.15) is 0 Å². The van der Waals surface area contributed by atoms with Crippen molar-refractivity contribution in [1.29, 1.82) is 0 Å². The number of rotatable bonds is 3. The Morgan fingerprint density at radius 1 is 1.38 bits per heavy atom. The number of carbonyl (C=O) groups is 1. The van der Waals surface area contributed by atoms with Crippen LogP contribution in [-0.4, -0.2) is 6.29 Å². The van der Waals surface area contributed by atoms with E-state index in [1.165, 1.54) is 0 Å². The lowest BCUT2D eigenvalue weighted by Gasteiger charge is -2.02. The molecule has 0 saturated carbocycles. The monoisotopic (exact) mass is 188 g/mol. The summed E-state index contributed by atoms with van der Waals surface area (Å²) in [5.74, 6) is -0.628. The normalized spacial score (nSPS) is 10.5. The Morgan fingerprint density at radius 2 is 2.08 bits per heavy atom. The van der Waals surface area contributed by atoms with Gasteiger partial charge in [0.05, 0.1) is 0 Å². The molecule has 0 heterocycles. The van der Waals surface area contributed by atoms with Crippen LogP contribution in [0.2, 0.25) is 0 Å². The van der Waals surface area contributed by atoms with Crippen LogP contribution in [0.25, 0.3) is 0 Å². The van der Waals surface area contributed by atoms with Crippen LogP contribution < -0.4 is 0 Å². The number of hydrogen-bond donors (Lipinski definition) is 0. The maximum atomic E-state index is 12.8. The van der Waals surface area contributed by atoms with Crippen molar-refractivity contribution in [2.24, 2.45) is 0 Å². The largest absolute Gasteiger partial charge is 0.303 e. The van der Waals surface area contributed by atoms with Crippen molar-refractivity contribution in [3.05, 3.63) is 35.1 Å². The van der Waals surface area contributed by atoms with Gasteiger partial charge in [-0.15, -0.1) is 0 Å². The van der Waals surface area contributed by atoms with Crippen LogP contribution in [0, 0.1) is 5.82 Å². The Bertz CT molecular complexity index is 310.